The van der Waals surface area contributed by atoms with Crippen LogP contribution in [0.1, 0.15) is 12.0 Å². The van der Waals surface area contributed by atoms with Crippen molar-refractivity contribution < 1.29 is 19.1 Å². The molecular formula is C26H24ClN3O4. The lowest BCUT2D eigenvalue weighted by atomic mass is 10.1. The molecule has 1 aliphatic heterocycles. The van der Waals surface area contributed by atoms with Gasteiger partial charge in [0.05, 0.1) is 5.92 Å². The minimum Gasteiger partial charge on any atom is -0.484 e. The molecule has 8 heteroatoms. The van der Waals surface area contributed by atoms with Gasteiger partial charge in [-0.15, -0.1) is 0 Å². The molecule has 0 spiro atoms. The van der Waals surface area contributed by atoms with Crippen LogP contribution in [0.5, 0.6) is 5.75 Å². The average molecular weight is 478 g/mol. The van der Waals surface area contributed by atoms with Crippen LogP contribution in [0.15, 0.2) is 78.9 Å². The van der Waals surface area contributed by atoms with Crippen LogP contribution in [-0.2, 0) is 20.9 Å². The van der Waals surface area contributed by atoms with E-state index in [1.807, 2.05) is 30.3 Å². The molecule has 1 saturated heterocycles. The van der Waals surface area contributed by atoms with E-state index in [1.165, 1.54) is 0 Å². The molecule has 1 heterocycles. The second kappa shape index (κ2) is 10.9. The Morgan fingerprint density at radius 1 is 1.00 bits per heavy atom. The molecule has 2 N–H and O–H groups in total. The summed E-state index contributed by atoms with van der Waals surface area (Å²) in [4.78, 5) is 38.7. The zero-order chi connectivity index (χ0) is 23.9. The number of amides is 3. The molecule has 0 aromatic heterocycles. The Labute approximate surface area is 202 Å². The molecule has 1 aliphatic rings. The number of anilines is 2. The first-order valence-electron chi connectivity index (χ1n) is 10.9. The molecular weight excluding hydrogens is 454 g/mol. The van der Waals surface area contributed by atoms with Gasteiger partial charge in [0.25, 0.3) is 5.91 Å². The maximum atomic E-state index is 12.5. The van der Waals surface area contributed by atoms with E-state index < -0.39 is 5.92 Å². The van der Waals surface area contributed by atoms with Crippen molar-refractivity contribution in [3.8, 4) is 5.75 Å². The topological polar surface area (TPSA) is 87.7 Å². The van der Waals surface area contributed by atoms with Gasteiger partial charge in [0.15, 0.2) is 6.61 Å². The summed E-state index contributed by atoms with van der Waals surface area (Å²) >= 11 is 5.91. The predicted molar refractivity (Wildman–Crippen MR) is 131 cm³/mol. The average Bonchev–Trinajstić information content (AvgIpc) is 3.24. The van der Waals surface area contributed by atoms with Crippen LogP contribution < -0.4 is 20.3 Å². The Morgan fingerprint density at radius 2 is 1.76 bits per heavy atom. The van der Waals surface area contributed by atoms with Gasteiger partial charge in [-0.05, 0) is 48.0 Å². The van der Waals surface area contributed by atoms with Crippen molar-refractivity contribution in [2.75, 3.05) is 23.4 Å². The van der Waals surface area contributed by atoms with Crippen LogP contribution in [0.25, 0.3) is 0 Å². The van der Waals surface area contributed by atoms with Crippen LogP contribution in [0.4, 0.5) is 11.4 Å². The van der Waals surface area contributed by atoms with Crippen molar-refractivity contribution in [2.45, 2.75) is 13.0 Å². The summed E-state index contributed by atoms with van der Waals surface area (Å²) in [5, 5.41) is 6.15. The molecule has 34 heavy (non-hydrogen) atoms. The van der Waals surface area contributed by atoms with E-state index in [0.717, 1.165) is 5.56 Å². The summed E-state index contributed by atoms with van der Waals surface area (Å²) in [7, 11) is 0. The predicted octanol–water partition coefficient (Wildman–Crippen LogP) is 4.03. The summed E-state index contributed by atoms with van der Waals surface area (Å²) in [6, 6.07) is 23.4. The Bertz CT molecular complexity index is 1170. The molecule has 1 fully saturated rings. The molecule has 3 amide bonds. The molecule has 0 radical (unpaired) electrons. The zero-order valence-corrected chi connectivity index (χ0v) is 19.1. The number of hydrogen-bond donors (Lipinski definition) is 2. The van der Waals surface area contributed by atoms with Crippen LogP contribution in [0.2, 0.25) is 5.02 Å². The second-order valence-corrected chi connectivity index (χ2v) is 8.39. The molecule has 0 bridgehead atoms. The molecule has 174 valence electrons. The lowest BCUT2D eigenvalue weighted by Crippen LogP contribution is -2.32. The SMILES string of the molecule is O=C(COc1ccc(N2C[C@H](C(=O)NCc3ccccc3)CC2=O)cc1)Nc1cccc(Cl)c1. The van der Waals surface area contributed by atoms with E-state index >= 15 is 0 Å². The van der Waals surface area contributed by atoms with Gasteiger partial charge in [-0.2, -0.15) is 0 Å². The van der Waals surface area contributed by atoms with Crippen LogP contribution >= 0.6 is 11.6 Å². The maximum absolute atomic E-state index is 12.5. The van der Waals surface area contributed by atoms with E-state index in [4.69, 9.17) is 16.3 Å². The summed E-state index contributed by atoms with van der Waals surface area (Å²) < 4.78 is 5.54. The number of benzene rings is 3. The zero-order valence-electron chi connectivity index (χ0n) is 18.4. The standard InChI is InChI=1S/C26H24ClN3O4/c27-20-7-4-8-21(14-20)29-24(31)17-34-23-11-9-22(10-12-23)30-16-19(13-25(30)32)26(33)28-15-18-5-2-1-3-6-18/h1-12,14,19H,13,15-17H2,(H,28,33)(H,29,31)/t19-/m1/s1. The van der Waals surface area contributed by atoms with Crippen molar-refractivity contribution in [1.29, 1.82) is 0 Å². The molecule has 1 atom stereocenters. The van der Waals surface area contributed by atoms with Crippen LogP contribution in [0, 0.1) is 5.92 Å². The molecule has 3 aromatic rings. The van der Waals surface area contributed by atoms with E-state index in [0.29, 0.717) is 35.2 Å². The quantitative estimate of drug-likeness (QED) is 0.513. The highest BCUT2D eigenvalue weighted by molar-refractivity contribution is 6.30. The molecule has 3 aromatic carbocycles. The monoisotopic (exact) mass is 477 g/mol. The van der Waals surface area contributed by atoms with Gasteiger partial charge in [0.1, 0.15) is 5.75 Å². The summed E-state index contributed by atoms with van der Waals surface area (Å²) in [6.45, 7) is 0.584. The number of halogens is 1. The van der Waals surface area contributed by atoms with Gasteiger partial charge in [-0.1, -0.05) is 48.0 Å². The minimum absolute atomic E-state index is 0.102. The maximum Gasteiger partial charge on any atom is 0.262 e. The highest BCUT2D eigenvalue weighted by Crippen LogP contribution is 2.27. The second-order valence-electron chi connectivity index (χ2n) is 7.95. The van der Waals surface area contributed by atoms with Gasteiger partial charge < -0.3 is 20.3 Å². The van der Waals surface area contributed by atoms with Crippen LogP contribution in [0.3, 0.4) is 0 Å². The van der Waals surface area contributed by atoms with E-state index in [1.54, 1.807) is 53.4 Å². The number of carbonyl (C=O) groups is 3. The first-order valence-corrected chi connectivity index (χ1v) is 11.3. The largest absolute Gasteiger partial charge is 0.484 e. The molecule has 0 saturated carbocycles. The lowest BCUT2D eigenvalue weighted by Gasteiger charge is -2.17. The third-order valence-corrected chi connectivity index (χ3v) is 5.67. The van der Waals surface area contributed by atoms with E-state index in [9.17, 15) is 14.4 Å². The van der Waals surface area contributed by atoms with Crippen LogP contribution in [-0.4, -0.2) is 30.9 Å². The Kier molecular flexibility index (Phi) is 7.44. The molecule has 4 rings (SSSR count). The van der Waals surface area contributed by atoms with E-state index in [-0.39, 0.29) is 30.7 Å². The number of ether oxygens (including phenoxy) is 1. The lowest BCUT2D eigenvalue weighted by molar-refractivity contribution is -0.126. The van der Waals surface area contributed by atoms with Crippen molar-refractivity contribution in [2.24, 2.45) is 5.92 Å². The highest BCUT2D eigenvalue weighted by Gasteiger charge is 2.35. The molecule has 0 aliphatic carbocycles. The first-order chi connectivity index (χ1) is 16.5. The van der Waals surface area contributed by atoms with Crippen molar-refractivity contribution in [1.82, 2.24) is 5.32 Å². The van der Waals surface area contributed by atoms with Crippen molar-refractivity contribution in [3.05, 3.63) is 89.4 Å². The smallest absolute Gasteiger partial charge is 0.262 e. The molecule has 7 nitrogen and oxygen atoms in total. The fourth-order valence-electron chi connectivity index (χ4n) is 3.70. The Balaban J connectivity index is 1.27. The van der Waals surface area contributed by atoms with Gasteiger partial charge >= 0.3 is 0 Å². The summed E-state index contributed by atoms with van der Waals surface area (Å²) in [5.74, 6) is -0.457. The fraction of sp³-hybridized carbons (Fsp3) is 0.192. The third-order valence-electron chi connectivity index (χ3n) is 5.43. The number of nitrogens with one attached hydrogen (secondary N) is 2. The number of hydrogen-bond acceptors (Lipinski definition) is 4. The summed E-state index contributed by atoms with van der Waals surface area (Å²) in [6.07, 6.45) is 0.169. The first kappa shape index (κ1) is 23.3. The third kappa shape index (κ3) is 6.14. The van der Waals surface area contributed by atoms with E-state index in [2.05, 4.69) is 10.6 Å². The normalized spacial score (nSPS) is 15.1. The molecule has 0 unspecified atom stereocenters. The number of rotatable bonds is 8. The number of nitrogens with zero attached hydrogens (tertiary/aromatic N) is 1. The summed E-state index contributed by atoms with van der Waals surface area (Å²) in [5.41, 5.74) is 2.28. The van der Waals surface area contributed by atoms with Crippen molar-refractivity contribution >= 4 is 40.7 Å². The Morgan fingerprint density at radius 3 is 2.50 bits per heavy atom. The van der Waals surface area contributed by atoms with Crippen molar-refractivity contribution in [3.63, 3.8) is 0 Å². The van der Waals surface area contributed by atoms with Gasteiger partial charge in [0.2, 0.25) is 11.8 Å². The minimum atomic E-state index is -0.401. The fourth-order valence-corrected chi connectivity index (χ4v) is 3.89. The highest BCUT2D eigenvalue weighted by atomic mass is 35.5. The Hall–Kier alpha value is -3.84. The van der Waals surface area contributed by atoms with Gasteiger partial charge in [0, 0.05) is 35.9 Å². The van der Waals surface area contributed by atoms with Gasteiger partial charge in [-0.3, -0.25) is 14.4 Å². The number of carbonyl (C=O) groups excluding carboxylic acids is 3. The van der Waals surface area contributed by atoms with Gasteiger partial charge in [-0.25, -0.2) is 0 Å².